The van der Waals surface area contributed by atoms with E-state index < -0.39 is 0 Å². The average Bonchev–Trinajstić information content (AvgIpc) is 3.37. The van der Waals surface area contributed by atoms with E-state index >= 15 is 0 Å². The van der Waals surface area contributed by atoms with Crippen molar-refractivity contribution < 1.29 is 4.52 Å². The van der Waals surface area contributed by atoms with Crippen LogP contribution in [0.15, 0.2) is 52.0 Å². The zero-order valence-corrected chi connectivity index (χ0v) is 18.8. The van der Waals surface area contributed by atoms with Crippen molar-refractivity contribution in [1.82, 2.24) is 10.1 Å². The van der Waals surface area contributed by atoms with Crippen molar-refractivity contribution in [1.29, 1.82) is 0 Å². The molecule has 152 valence electrons. The van der Waals surface area contributed by atoms with Gasteiger partial charge in [-0.25, -0.2) is 0 Å². The Morgan fingerprint density at radius 2 is 1.93 bits per heavy atom. The van der Waals surface area contributed by atoms with Crippen LogP contribution in [0.4, 0.5) is 5.69 Å². The van der Waals surface area contributed by atoms with Crippen LogP contribution in [0.2, 0.25) is 0 Å². The SMILES string of the molecule is CCc1noc(-c2ccc(CCN=C(N)Nc3ccc4c(c3)CCC4)cc2)n1.I. The molecule has 4 rings (SSSR count). The van der Waals surface area contributed by atoms with Gasteiger partial charge in [-0.05, 0) is 66.6 Å². The maximum atomic E-state index is 6.04. The molecule has 3 aromatic rings. The smallest absolute Gasteiger partial charge is 0.257 e. The van der Waals surface area contributed by atoms with Gasteiger partial charge in [0.05, 0.1) is 0 Å². The highest BCUT2D eigenvalue weighted by Crippen LogP contribution is 2.24. The summed E-state index contributed by atoms with van der Waals surface area (Å²) in [6.07, 6.45) is 5.16. The Morgan fingerprint density at radius 1 is 1.14 bits per heavy atom. The van der Waals surface area contributed by atoms with Gasteiger partial charge in [-0.3, -0.25) is 4.99 Å². The summed E-state index contributed by atoms with van der Waals surface area (Å²) in [6.45, 7) is 2.63. The second kappa shape index (κ2) is 9.87. The largest absolute Gasteiger partial charge is 0.370 e. The Morgan fingerprint density at radius 3 is 2.69 bits per heavy atom. The van der Waals surface area contributed by atoms with E-state index in [1.165, 1.54) is 29.5 Å². The summed E-state index contributed by atoms with van der Waals surface area (Å²) < 4.78 is 5.27. The fourth-order valence-corrected chi connectivity index (χ4v) is 3.47. The fraction of sp³-hybridized carbons (Fsp3) is 0.318. The molecular formula is C22H26IN5O. The number of aliphatic imine (C=N–C) groups is 1. The van der Waals surface area contributed by atoms with Crippen LogP contribution >= 0.6 is 24.0 Å². The molecule has 7 heteroatoms. The molecular weight excluding hydrogens is 477 g/mol. The molecule has 0 radical (unpaired) electrons. The third-order valence-corrected chi connectivity index (χ3v) is 5.04. The lowest BCUT2D eigenvalue weighted by atomic mass is 10.1. The van der Waals surface area contributed by atoms with Gasteiger partial charge in [-0.2, -0.15) is 4.98 Å². The standard InChI is InChI=1S/C22H25N5O.HI/c1-2-20-26-21(28-27-20)17-8-6-15(7-9-17)12-13-24-22(23)25-19-11-10-16-4-3-5-18(16)14-19;/h6-11,14H,2-5,12-13H2,1H3,(H3,23,24,25);1H. The van der Waals surface area contributed by atoms with Gasteiger partial charge in [0.25, 0.3) is 5.89 Å². The van der Waals surface area contributed by atoms with Gasteiger partial charge >= 0.3 is 0 Å². The van der Waals surface area contributed by atoms with Crippen LogP contribution in [0.25, 0.3) is 11.5 Å². The maximum absolute atomic E-state index is 6.04. The van der Waals surface area contributed by atoms with Crippen LogP contribution < -0.4 is 11.1 Å². The van der Waals surface area contributed by atoms with Crippen LogP contribution in [-0.2, 0) is 25.7 Å². The summed E-state index contributed by atoms with van der Waals surface area (Å²) in [5.41, 5.74) is 12.0. The first kappa shape index (κ1) is 21.3. The Hall–Kier alpha value is -2.42. The number of nitrogens with one attached hydrogen (secondary N) is 1. The number of halogens is 1. The van der Waals surface area contributed by atoms with E-state index in [9.17, 15) is 0 Å². The molecule has 0 atom stereocenters. The van der Waals surface area contributed by atoms with E-state index in [2.05, 4.69) is 50.8 Å². The van der Waals surface area contributed by atoms with Crippen molar-refractivity contribution in [3.8, 4) is 11.5 Å². The van der Waals surface area contributed by atoms with E-state index in [1.807, 2.05) is 19.1 Å². The Bertz CT molecular complexity index is 981. The topological polar surface area (TPSA) is 89.3 Å². The molecule has 0 amide bonds. The lowest BCUT2D eigenvalue weighted by Gasteiger charge is -2.08. The van der Waals surface area contributed by atoms with E-state index in [-0.39, 0.29) is 24.0 Å². The van der Waals surface area contributed by atoms with E-state index in [1.54, 1.807) is 0 Å². The molecule has 0 fully saturated rings. The van der Waals surface area contributed by atoms with Crippen molar-refractivity contribution in [2.75, 3.05) is 11.9 Å². The Labute approximate surface area is 188 Å². The highest BCUT2D eigenvalue weighted by Gasteiger charge is 2.11. The first-order valence-electron chi connectivity index (χ1n) is 9.82. The maximum Gasteiger partial charge on any atom is 0.257 e. The van der Waals surface area contributed by atoms with Crippen molar-refractivity contribution in [2.45, 2.75) is 39.0 Å². The number of guanidine groups is 1. The van der Waals surface area contributed by atoms with Gasteiger partial charge in [0.2, 0.25) is 0 Å². The van der Waals surface area contributed by atoms with Gasteiger partial charge in [0, 0.05) is 24.2 Å². The lowest BCUT2D eigenvalue weighted by Crippen LogP contribution is -2.23. The minimum Gasteiger partial charge on any atom is -0.370 e. The number of benzene rings is 2. The molecule has 1 aliphatic carbocycles. The van der Waals surface area contributed by atoms with E-state index in [0.29, 0.717) is 18.4 Å². The quantitative estimate of drug-likeness (QED) is 0.296. The molecule has 0 aliphatic heterocycles. The van der Waals surface area contributed by atoms with E-state index in [4.69, 9.17) is 10.3 Å². The van der Waals surface area contributed by atoms with Crippen molar-refractivity contribution in [3.63, 3.8) is 0 Å². The van der Waals surface area contributed by atoms with Gasteiger partial charge < -0.3 is 15.6 Å². The van der Waals surface area contributed by atoms with Gasteiger partial charge in [-0.1, -0.05) is 30.3 Å². The molecule has 29 heavy (non-hydrogen) atoms. The number of aromatic nitrogens is 2. The first-order chi connectivity index (χ1) is 13.7. The molecule has 6 nitrogen and oxygen atoms in total. The summed E-state index contributed by atoms with van der Waals surface area (Å²) >= 11 is 0. The Kier molecular flexibility index (Phi) is 7.24. The Balaban J connectivity index is 0.00000240. The molecule has 0 saturated heterocycles. The van der Waals surface area contributed by atoms with Crippen LogP contribution in [0.3, 0.4) is 0 Å². The number of rotatable bonds is 6. The molecule has 0 saturated carbocycles. The number of fused-ring (bicyclic) bond motifs is 1. The number of nitrogens with zero attached hydrogens (tertiary/aromatic N) is 3. The summed E-state index contributed by atoms with van der Waals surface area (Å²) in [6, 6.07) is 14.6. The average molecular weight is 503 g/mol. The zero-order valence-electron chi connectivity index (χ0n) is 16.5. The van der Waals surface area contributed by atoms with Gasteiger partial charge in [-0.15, -0.1) is 24.0 Å². The zero-order chi connectivity index (χ0) is 19.3. The second-order valence-electron chi connectivity index (χ2n) is 7.05. The third-order valence-electron chi connectivity index (χ3n) is 5.04. The summed E-state index contributed by atoms with van der Waals surface area (Å²) in [5, 5.41) is 7.13. The number of anilines is 1. The molecule has 3 N–H and O–H groups in total. The van der Waals surface area contributed by atoms with Crippen LogP contribution in [0.1, 0.15) is 35.9 Å². The highest BCUT2D eigenvalue weighted by atomic mass is 127. The number of hydrogen-bond donors (Lipinski definition) is 2. The minimum atomic E-state index is 0. The van der Waals surface area contributed by atoms with Crippen molar-refractivity contribution in [3.05, 3.63) is 65.0 Å². The van der Waals surface area contributed by atoms with Crippen molar-refractivity contribution in [2.24, 2.45) is 10.7 Å². The summed E-state index contributed by atoms with van der Waals surface area (Å²) in [7, 11) is 0. The van der Waals surface area contributed by atoms with Crippen LogP contribution in [0, 0.1) is 0 Å². The van der Waals surface area contributed by atoms with Crippen LogP contribution in [0.5, 0.6) is 0 Å². The predicted molar refractivity (Wildman–Crippen MR) is 127 cm³/mol. The fourth-order valence-electron chi connectivity index (χ4n) is 3.47. The normalized spacial score (nSPS) is 13.1. The molecule has 0 bridgehead atoms. The molecule has 2 aromatic carbocycles. The third kappa shape index (κ3) is 5.35. The van der Waals surface area contributed by atoms with E-state index in [0.717, 1.165) is 36.3 Å². The van der Waals surface area contributed by atoms with Crippen molar-refractivity contribution >= 4 is 35.6 Å². The second-order valence-corrected chi connectivity index (χ2v) is 7.05. The minimum absolute atomic E-state index is 0. The molecule has 0 spiro atoms. The molecule has 1 aliphatic rings. The van der Waals surface area contributed by atoms with Gasteiger partial charge in [0.1, 0.15) is 0 Å². The molecule has 1 heterocycles. The van der Waals surface area contributed by atoms with Crippen LogP contribution in [-0.4, -0.2) is 22.6 Å². The molecule has 0 unspecified atom stereocenters. The monoisotopic (exact) mass is 503 g/mol. The highest BCUT2D eigenvalue weighted by molar-refractivity contribution is 14.0. The predicted octanol–water partition coefficient (Wildman–Crippen LogP) is 4.38. The van der Waals surface area contributed by atoms with Gasteiger partial charge in [0.15, 0.2) is 11.8 Å². The summed E-state index contributed by atoms with van der Waals surface area (Å²) in [4.78, 5) is 8.80. The lowest BCUT2D eigenvalue weighted by molar-refractivity contribution is 0.423. The molecule has 1 aromatic heterocycles. The number of aryl methyl sites for hydroxylation is 3. The first-order valence-corrected chi connectivity index (χ1v) is 9.82. The number of hydrogen-bond acceptors (Lipinski definition) is 4. The summed E-state index contributed by atoms with van der Waals surface area (Å²) in [5.74, 6) is 1.73. The number of nitrogens with two attached hydrogens (primary N) is 1.